The number of carbonyl (C=O) groups excluding carboxylic acids is 2. The van der Waals surface area contributed by atoms with Gasteiger partial charge in [-0.05, 0) is 36.8 Å². The van der Waals surface area contributed by atoms with Crippen molar-refractivity contribution in [3.8, 4) is 0 Å². The lowest BCUT2D eigenvalue weighted by Gasteiger charge is -2.08. The molecule has 0 aliphatic rings. The van der Waals surface area contributed by atoms with Crippen LogP contribution in [0.25, 0.3) is 10.2 Å². The number of fused-ring (bicyclic) bond motifs is 1. The third kappa shape index (κ3) is 4.97. The number of nitrogens with one attached hydrogen (secondary N) is 3. The number of anilines is 2. The van der Waals surface area contributed by atoms with Crippen LogP contribution in [-0.2, 0) is 9.59 Å². The predicted molar refractivity (Wildman–Crippen MR) is 97.8 cm³/mol. The van der Waals surface area contributed by atoms with Gasteiger partial charge in [0.2, 0.25) is 11.8 Å². The molecule has 2 rings (SSSR count). The van der Waals surface area contributed by atoms with E-state index in [1.54, 1.807) is 6.92 Å². The summed E-state index contributed by atoms with van der Waals surface area (Å²) in [5, 5.41) is 9.19. The molecule has 0 bridgehead atoms. The van der Waals surface area contributed by atoms with E-state index in [0.717, 1.165) is 22.3 Å². The van der Waals surface area contributed by atoms with E-state index in [4.69, 9.17) is 12.2 Å². The largest absolute Gasteiger partial charge is 0.332 e. The van der Waals surface area contributed by atoms with Crippen molar-refractivity contribution in [3.05, 3.63) is 18.2 Å². The number of aromatic nitrogens is 1. The zero-order valence-electron chi connectivity index (χ0n) is 12.9. The molecular weight excluding hydrogens is 332 g/mol. The molecule has 8 heteroatoms. The number of thiazole rings is 1. The second-order valence-corrected chi connectivity index (χ2v) is 6.29. The van der Waals surface area contributed by atoms with Crippen LogP contribution in [0.2, 0.25) is 0 Å². The first-order valence-corrected chi connectivity index (χ1v) is 8.55. The van der Waals surface area contributed by atoms with Crippen LogP contribution < -0.4 is 16.0 Å². The second kappa shape index (κ2) is 7.98. The zero-order valence-corrected chi connectivity index (χ0v) is 14.6. The SMILES string of the molecule is CCCC(=O)NC(=S)Nc1ccc2nc(NC(=O)CC)sc2c1. The normalized spacial score (nSPS) is 10.3. The molecule has 23 heavy (non-hydrogen) atoms. The lowest BCUT2D eigenvalue weighted by atomic mass is 10.3. The molecule has 0 atom stereocenters. The highest BCUT2D eigenvalue weighted by molar-refractivity contribution is 7.80. The summed E-state index contributed by atoms with van der Waals surface area (Å²) in [6.45, 7) is 3.72. The maximum atomic E-state index is 11.5. The van der Waals surface area contributed by atoms with Gasteiger partial charge in [-0.2, -0.15) is 0 Å². The molecule has 0 saturated carbocycles. The molecule has 2 aromatic rings. The van der Waals surface area contributed by atoms with E-state index < -0.39 is 0 Å². The van der Waals surface area contributed by atoms with Gasteiger partial charge in [-0.15, -0.1) is 0 Å². The number of thiocarbonyl (C=S) groups is 1. The predicted octanol–water partition coefficient (Wildman–Crippen LogP) is 3.26. The fraction of sp³-hybridized carbons (Fsp3) is 0.333. The van der Waals surface area contributed by atoms with Crippen LogP contribution in [0.15, 0.2) is 18.2 Å². The number of benzene rings is 1. The van der Waals surface area contributed by atoms with E-state index in [2.05, 4.69) is 20.9 Å². The van der Waals surface area contributed by atoms with Crippen molar-refractivity contribution in [2.75, 3.05) is 10.6 Å². The van der Waals surface area contributed by atoms with Gasteiger partial charge in [-0.25, -0.2) is 4.98 Å². The molecule has 1 aromatic carbocycles. The molecule has 0 radical (unpaired) electrons. The van der Waals surface area contributed by atoms with Gasteiger partial charge < -0.3 is 16.0 Å². The Bertz CT molecular complexity index is 742. The van der Waals surface area contributed by atoms with Gasteiger partial charge >= 0.3 is 0 Å². The Morgan fingerprint density at radius 2 is 2.00 bits per heavy atom. The Hall–Kier alpha value is -2.06. The summed E-state index contributed by atoms with van der Waals surface area (Å²) in [6.07, 6.45) is 1.62. The Morgan fingerprint density at radius 1 is 1.22 bits per heavy atom. The van der Waals surface area contributed by atoms with Crippen LogP contribution in [0.4, 0.5) is 10.8 Å². The Balaban J connectivity index is 2.06. The number of carbonyl (C=O) groups is 2. The van der Waals surface area contributed by atoms with Gasteiger partial charge in [-0.1, -0.05) is 25.2 Å². The van der Waals surface area contributed by atoms with Crippen molar-refractivity contribution in [2.24, 2.45) is 0 Å². The van der Waals surface area contributed by atoms with Crippen molar-refractivity contribution < 1.29 is 9.59 Å². The quantitative estimate of drug-likeness (QED) is 0.721. The lowest BCUT2D eigenvalue weighted by Crippen LogP contribution is -2.33. The minimum atomic E-state index is -0.103. The summed E-state index contributed by atoms with van der Waals surface area (Å²) in [5.41, 5.74) is 1.56. The summed E-state index contributed by atoms with van der Waals surface area (Å²) in [5.74, 6) is -0.171. The Labute approximate surface area is 143 Å². The molecule has 0 aliphatic heterocycles. The standard InChI is InChI=1S/C15H18N4O2S2/c1-3-5-13(21)18-14(22)16-9-6-7-10-11(8-9)23-15(17-10)19-12(20)4-2/h6-8H,3-5H2,1-2H3,(H,17,19,20)(H2,16,18,21,22). The highest BCUT2D eigenvalue weighted by Crippen LogP contribution is 2.28. The average molecular weight is 350 g/mol. The summed E-state index contributed by atoms with van der Waals surface area (Å²) in [4.78, 5) is 27.3. The minimum Gasteiger partial charge on any atom is -0.332 e. The van der Waals surface area contributed by atoms with Crippen molar-refractivity contribution >= 4 is 61.5 Å². The maximum Gasteiger partial charge on any atom is 0.226 e. The van der Waals surface area contributed by atoms with Gasteiger partial charge in [-0.3, -0.25) is 9.59 Å². The van der Waals surface area contributed by atoms with Gasteiger partial charge in [0.25, 0.3) is 0 Å². The number of hydrogen-bond acceptors (Lipinski definition) is 5. The van der Waals surface area contributed by atoms with Crippen molar-refractivity contribution in [1.82, 2.24) is 10.3 Å². The summed E-state index contributed by atoms with van der Waals surface area (Å²) >= 11 is 6.51. The van der Waals surface area contributed by atoms with Crippen LogP contribution in [0.5, 0.6) is 0 Å². The number of hydrogen-bond donors (Lipinski definition) is 3. The van der Waals surface area contributed by atoms with Crippen LogP contribution in [0.1, 0.15) is 33.1 Å². The molecule has 0 aliphatic carbocycles. The summed E-state index contributed by atoms with van der Waals surface area (Å²) in [7, 11) is 0. The third-order valence-corrected chi connectivity index (χ3v) is 4.08. The molecule has 3 N–H and O–H groups in total. The maximum absolute atomic E-state index is 11.5. The third-order valence-electron chi connectivity index (χ3n) is 2.94. The minimum absolute atomic E-state index is 0.0674. The Morgan fingerprint density at radius 3 is 2.70 bits per heavy atom. The number of amides is 2. The van der Waals surface area contributed by atoms with E-state index in [9.17, 15) is 9.59 Å². The molecule has 1 heterocycles. The molecule has 2 amide bonds. The topological polar surface area (TPSA) is 83.1 Å². The van der Waals surface area contributed by atoms with Crippen LogP contribution in [0, 0.1) is 0 Å². The molecule has 0 unspecified atom stereocenters. The first-order valence-electron chi connectivity index (χ1n) is 7.33. The van der Waals surface area contributed by atoms with Crippen molar-refractivity contribution in [2.45, 2.75) is 33.1 Å². The first kappa shape index (κ1) is 17.3. The monoisotopic (exact) mass is 350 g/mol. The van der Waals surface area contributed by atoms with Crippen LogP contribution in [-0.4, -0.2) is 21.9 Å². The number of rotatable bonds is 5. The van der Waals surface area contributed by atoms with E-state index in [1.165, 1.54) is 11.3 Å². The van der Waals surface area contributed by atoms with E-state index >= 15 is 0 Å². The van der Waals surface area contributed by atoms with E-state index in [0.29, 0.717) is 18.0 Å². The fourth-order valence-electron chi connectivity index (χ4n) is 1.84. The van der Waals surface area contributed by atoms with Gasteiger partial charge in [0.05, 0.1) is 10.2 Å². The highest BCUT2D eigenvalue weighted by Gasteiger charge is 2.08. The fourth-order valence-corrected chi connectivity index (χ4v) is 3.00. The smallest absolute Gasteiger partial charge is 0.226 e. The van der Waals surface area contributed by atoms with Crippen LogP contribution >= 0.6 is 23.6 Å². The lowest BCUT2D eigenvalue weighted by molar-refractivity contribution is -0.119. The molecular formula is C15H18N4O2S2. The number of nitrogens with zero attached hydrogens (tertiary/aromatic N) is 1. The molecule has 122 valence electrons. The molecule has 6 nitrogen and oxygen atoms in total. The zero-order chi connectivity index (χ0) is 16.8. The Kier molecular flexibility index (Phi) is 6.00. The summed E-state index contributed by atoms with van der Waals surface area (Å²) < 4.78 is 0.920. The van der Waals surface area contributed by atoms with Gasteiger partial charge in [0, 0.05) is 18.5 Å². The molecule has 0 spiro atoms. The average Bonchev–Trinajstić information content (AvgIpc) is 2.88. The first-order chi connectivity index (χ1) is 11.0. The highest BCUT2D eigenvalue weighted by atomic mass is 32.1. The van der Waals surface area contributed by atoms with Crippen LogP contribution in [0.3, 0.4) is 0 Å². The molecule has 0 saturated heterocycles. The van der Waals surface area contributed by atoms with Crippen molar-refractivity contribution in [1.29, 1.82) is 0 Å². The van der Waals surface area contributed by atoms with Gasteiger partial charge in [0.15, 0.2) is 10.2 Å². The van der Waals surface area contributed by atoms with E-state index in [1.807, 2.05) is 25.1 Å². The summed E-state index contributed by atoms with van der Waals surface area (Å²) in [6, 6.07) is 5.55. The van der Waals surface area contributed by atoms with E-state index in [-0.39, 0.29) is 16.9 Å². The van der Waals surface area contributed by atoms with Crippen molar-refractivity contribution in [3.63, 3.8) is 0 Å². The molecule has 1 aromatic heterocycles. The molecule has 0 fully saturated rings. The second-order valence-electron chi connectivity index (χ2n) is 4.86. The van der Waals surface area contributed by atoms with Gasteiger partial charge in [0.1, 0.15) is 0 Å².